The molecule has 3 aromatic rings. The lowest BCUT2D eigenvalue weighted by Gasteiger charge is -2.07. The Hall–Kier alpha value is -2.51. The van der Waals surface area contributed by atoms with Crippen molar-refractivity contribution in [2.24, 2.45) is 0 Å². The Balaban J connectivity index is 1.46. The molecule has 0 spiro atoms. The standard InChI is InChI=1S/C17H16N4OS2/c23-16(18-13-7-3-1-4-8-13)19-17-21-20-15(24-17)11-12-22-14-9-5-2-6-10-14/h1-10H,11-12H2,(H2,18,19,21,23). The van der Waals surface area contributed by atoms with Crippen LogP contribution in [0.15, 0.2) is 60.7 Å². The first-order valence-electron chi connectivity index (χ1n) is 7.43. The molecule has 0 aliphatic carbocycles. The van der Waals surface area contributed by atoms with E-state index in [1.165, 1.54) is 11.3 Å². The molecule has 0 aliphatic heterocycles. The van der Waals surface area contributed by atoms with Crippen molar-refractivity contribution in [2.75, 3.05) is 17.2 Å². The second kappa shape index (κ2) is 8.37. The van der Waals surface area contributed by atoms with Crippen LogP contribution < -0.4 is 15.4 Å². The van der Waals surface area contributed by atoms with Crippen LogP contribution in [0.4, 0.5) is 10.8 Å². The maximum Gasteiger partial charge on any atom is 0.211 e. The van der Waals surface area contributed by atoms with Crippen LogP contribution in [0.1, 0.15) is 5.01 Å². The molecule has 0 fully saturated rings. The summed E-state index contributed by atoms with van der Waals surface area (Å²) in [7, 11) is 0. The van der Waals surface area contributed by atoms with Crippen LogP contribution in [0.3, 0.4) is 0 Å². The number of hydrogen-bond acceptors (Lipinski definition) is 5. The van der Waals surface area contributed by atoms with E-state index in [0.717, 1.165) is 16.4 Å². The second-order valence-corrected chi connectivity index (χ2v) is 6.33. The molecule has 0 bridgehead atoms. The van der Waals surface area contributed by atoms with E-state index in [9.17, 15) is 0 Å². The van der Waals surface area contributed by atoms with Crippen molar-refractivity contribution in [1.82, 2.24) is 10.2 Å². The Labute approximate surface area is 149 Å². The molecule has 0 aliphatic rings. The lowest BCUT2D eigenvalue weighted by molar-refractivity contribution is 0.321. The lowest BCUT2D eigenvalue weighted by atomic mass is 10.3. The van der Waals surface area contributed by atoms with E-state index in [0.29, 0.717) is 23.3 Å². The van der Waals surface area contributed by atoms with Gasteiger partial charge in [0.05, 0.1) is 6.61 Å². The Kier molecular flexibility index (Phi) is 5.70. The van der Waals surface area contributed by atoms with Crippen molar-refractivity contribution in [3.8, 4) is 5.75 Å². The third-order valence-corrected chi connectivity index (χ3v) is 4.15. The number of nitrogens with zero attached hydrogens (tertiary/aromatic N) is 2. The highest BCUT2D eigenvalue weighted by Gasteiger charge is 2.06. The number of rotatable bonds is 6. The predicted octanol–water partition coefficient (Wildman–Crippen LogP) is 3.97. The zero-order valence-corrected chi connectivity index (χ0v) is 14.4. The molecule has 122 valence electrons. The van der Waals surface area contributed by atoms with E-state index in [4.69, 9.17) is 17.0 Å². The van der Waals surface area contributed by atoms with Gasteiger partial charge in [-0.15, -0.1) is 10.2 Å². The van der Waals surface area contributed by atoms with Crippen LogP contribution in [0.2, 0.25) is 0 Å². The smallest absolute Gasteiger partial charge is 0.211 e. The maximum absolute atomic E-state index is 5.66. The summed E-state index contributed by atoms with van der Waals surface area (Å²) in [6.45, 7) is 0.561. The summed E-state index contributed by atoms with van der Waals surface area (Å²) >= 11 is 6.74. The highest BCUT2D eigenvalue weighted by atomic mass is 32.1. The lowest BCUT2D eigenvalue weighted by Crippen LogP contribution is -2.18. The van der Waals surface area contributed by atoms with E-state index in [-0.39, 0.29) is 0 Å². The third-order valence-electron chi connectivity index (χ3n) is 3.05. The van der Waals surface area contributed by atoms with E-state index in [1.807, 2.05) is 60.7 Å². The second-order valence-electron chi connectivity index (χ2n) is 4.86. The van der Waals surface area contributed by atoms with Gasteiger partial charge in [-0.2, -0.15) is 0 Å². The molecule has 7 heteroatoms. The van der Waals surface area contributed by atoms with Crippen LogP contribution in [0.25, 0.3) is 0 Å². The van der Waals surface area contributed by atoms with Crippen LogP contribution in [0.5, 0.6) is 5.75 Å². The number of ether oxygens (including phenoxy) is 1. The van der Waals surface area contributed by atoms with Gasteiger partial charge in [-0.3, -0.25) is 0 Å². The topological polar surface area (TPSA) is 59.1 Å². The minimum Gasteiger partial charge on any atom is -0.493 e. The molecule has 1 heterocycles. The van der Waals surface area contributed by atoms with Crippen molar-refractivity contribution in [1.29, 1.82) is 0 Å². The fourth-order valence-corrected chi connectivity index (χ4v) is 2.96. The normalized spacial score (nSPS) is 10.2. The van der Waals surface area contributed by atoms with Crippen molar-refractivity contribution in [3.63, 3.8) is 0 Å². The van der Waals surface area contributed by atoms with Crippen LogP contribution in [-0.2, 0) is 6.42 Å². The molecular formula is C17H16N4OS2. The van der Waals surface area contributed by atoms with Gasteiger partial charge >= 0.3 is 0 Å². The molecule has 2 aromatic carbocycles. The monoisotopic (exact) mass is 356 g/mol. The van der Waals surface area contributed by atoms with Crippen LogP contribution in [-0.4, -0.2) is 21.9 Å². The minimum absolute atomic E-state index is 0.490. The summed E-state index contributed by atoms with van der Waals surface area (Å²) in [5.74, 6) is 0.855. The predicted molar refractivity (Wildman–Crippen MR) is 102 cm³/mol. The molecule has 3 rings (SSSR count). The van der Waals surface area contributed by atoms with E-state index < -0.39 is 0 Å². The average molecular weight is 356 g/mol. The fourth-order valence-electron chi connectivity index (χ4n) is 1.96. The number of benzene rings is 2. The molecule has 24 heavy (non-hydrogen) atoms. The molecule has 0 radical (unpaired) electrons. The maximum atomic E-state index is 5.66. The molecule has 0 saturated heterocycles. The fraction of sp³-hybridized carbons (Fsp3) is 0.118. The van der Waals surface area contributed by atoms with E-state index in [1.54, 1.807) is 0 Å². The Morgan fingerprint density at radius 1 is 0.958 bits per heavy atom. The largest absolute Gasteiger partial charge is 0.493 e. The number of para-hydroxylation sites is 2. The van der Waals surface area contributed by atoms with Crippen molar-refractivity contribution >= 4 is 39.5 Å². The molecular weight excluding hydrogens is 340 g/mol. The summed E-state index contributed by atoms with van der Waals surface area (Å²) in [5.41, 5.74) is 0.927. The quantitative estimate of drug-likeness (QED) is 0.652. The van der Waals surface area contributed by atoms with E-state index >= 15 is 0 Å². The SMILES string of the molecule is S=C(Nc1ccccc1)Nc1nnc(CCOc2ccccc2)s1. The first-order valence-corrected chi connectivity index (χ1v) is 8.65. The Morgan fingerprint density at radius 2 is 1.67 bits per heavy atom. The van der Waals surface area contributed by atoms with Crippen molar-refractivity contribution < 1.29 is 4.74 Å². The molecule has 1 aromatic heterocycles. The van der Waals surface area contributed by atoms with Crippen LogP contribution in [0, 0.1) is 0 Å². The Morgan fingerprint density at radius 3 is 2.42 bits per heavy atom. The first kappa shape index (κ1) is 16.4. The number of anilines is 2. The third kappa shape index (κ3) is 5.00. The number of hydrogen-bond donors (Lipinski definition) is 2. The highest BCUT2D eigenvalue weighted by molar-refractivity contribution is 7.80. The van der Waals surface area contributed by atoms with Gasteiger partial charge < -0.3 is 15.4 Å². The highest BCUT2D eigenvalue weighted by Crippen LogP contribution is 2.17. The number of thiocarbonyl (C=S) groups is 1. The molecule has 5 nitrogen and oxygen atoms in total. The average Bonchev–Trinajstić information content (AvgIpc) is 3.04. The van der Waals surface area contributed by atoms with Gasteiger partial charge in [-0.05, 0) is 36.5 Å². The van der Waals surface area contributed by atoms with Crippen molar-refractivity contribution in [3.05, 3.63) is 65.7 Å². The van der Waals surface area contributed by atoms with Crippen molar-refractivity contribution in [2.45, 2.75) is 6.42 Å². The summed E-state index contributed by atoms with van der Waals surface area (Å²) in [4.78, 5) is 0. The van der Waals surface area contributed by atoms with Gasteiger partial charge in [-0.25, -0.2) is 0 Å². The minimum atomic E-state index is 0.490. The summed E-state index contributed by atoms with van der Waals surface area (Å²) in [6, 6.07) is 19.5. The number of nitrogens with one attached hydrogen (secondary N) is 2. The van der Waals surface area contributed by atoms with Gasteiger partial charge in [0.2, 0.25) is 5.13 Å². The van der Waals surface area contributed by atoms with Gasteiger partial charge in [-0.1, -0.05) is 47.7 Å². The molecule has 2 N–H and O–H groups in total. The number of aromatic nitrogens is 2. The zero-order chi connectivity index (χ0) is 16.6. The molecule has 0 saturated carbocycles. The summed E-state index contributed by atoms with van der Waals surface area (Å²) in [6.07, 6.45) is 0.702. The Bertz CT molecular complexity index is 778. The van der Waals surface area contributed by atoms with Gasteiger partial charge in [0.25, 0.3) is 0 Å². The van der Waals surface area contributed by atoms with Crippen LogP contribution >= 0.6 is 23.6 Å². The zero-order valence-electron chi connectivity index (χ0n) is 12.8. The van der Waals surface area contributed by atoms with Gasteiger partial charge in [0.1, 0.15) is 10.8 Å². The summed E-state index contributed by atoms with van der Waals surface area (Å²) < 4.78 is 5.66. The van der Waals surface area contributed by atoms with E-state index in [2.05, 4.69) is 20.8 Å². The van der Waals surface area contributed by atoms with Gasteiger partial charge in [0, 0.05) is 12.1 Å². The molecule has 0 atom stereocenters. The first-order chi connectivity index (χ1) is 11.8. The molecule has 0 amide bonds. The van der Waals surface area contributed by atoms with Gasteiger partial charge in [0.15, 0.2) is 5.11 Å². The molecule has 0 unspecified atom stereocenters. The summed E-state index contributed by atoms with van der Waals surface area (Å²) in [5, 5.41) is 16.4.